The van der Waals surface area contributed by atoms with Gasteiger partial charge in [-0.3, -0.25) is 4.90 Å². The number of hydrogen-bond acceptors (Lipinski definition) is 2. The Hall–Kier alpha value is -2.72. The van der Waals surface area contributed by atoms with Gasteiger partial charge in [-0.15, -0.1) is 0 Å². The van der Waals surface area contributed by atoms with Crippen LogP contribution in [-0.4, -0.2) is 28.5 Å². The number of ether oxygens (including phenoxy) is 1. The number of nitrogens with one attached hydrogen (secondary N) is 2. The lowest BCUT2D eigenvalue weighted by Crippen LogP contribution is -2.33. The average molecular weight is 345 g/mol. The van der Waals surface area contributed by atoms with Gasteiger partial charge in [0.15, 0.2) is 0 Å². The Morgan fingerprint density at radius 1 is 1.08 bits per heavy atom. The maximum absolute atomic E-state index is 5.34. The van der Waals surface area contributed by atoms with Crippen LogP contribution in [0, 0.1) is 0 Å². The third-order valence-electron chi connectivity index (χ3n) is 5.72. The second-order valence-corrected chi connectivity index (χ2v) is 7.21. The van der Waals surface area contributed by atoms with Crippen LogP contribution in [0.1, 0.15) is 29.9 Å². The van der Waals surface area contributed by atoms with Crippen LogP contribution in [0.4, 0.5) is 0 Å². The summed E-state index contributed by atoms with van der Waals surface area (Å²) in [6, 6.07) is 17.4. The van der Waals surface area contributed by atoms with Crippen LogP contribution in [0.25, 0.3) is 21.8 Å². The van der Waals surface area contributed by atoms with Crippen LogP contribution < -0.4 is 4.74 Å². The van der Waals surface area contributed by atoms with E-state index in [1.165, 1.54) is 33.2 Å². The molecule has 1 unspecified atom stereocenters. The van der Waals surface area contributed by atoms with Gasteiger partial charge in [0.2, 0.25) is 0 Å². The first-order valence-electron chi connectivity index (χ1n) is 9.22. The molecule has 0 radical (unpaired) electrons. The van der Waals surface area contributed by atoms with Crippen LogP contribution in [0.15, 0.2) is 48.5 Å². The molecule has 2 aromatic carbocycles. The van der Waals surface area contributed by atoms with E-state index in [0.717, 1.165) is 30.8 Å². The monoisotopic (exact) mass is 345 g/mol. The van der Waals surface area contributed by atoms with Gasteiger partial charge >= 0.3 is 0 Å². The zero-order valence-corrected chi connectivity index (χ0v) is 15.2. The molecule has 0 amide bonds. The van der Waals surface area contributed by atoms with E-state index >= 15 is 0 Å². The molecule has 4 aromatic rings. The fourth-order valence-corrected chi connectivity index (χ4v) is 4.30. The van der Waals surface area contributed by atoms with Crippen molar-refractivity contribution in [2.75, 3.05) is 13.7 Å². The van der Waals surface area contributed by atoms with E-state index in [2.05, 4.69) is 64.3 Å². The summed E-state index contributed by atoms with van der Waals surface area (Å²) in [5.74, 6) is 0.900. The first kappa shape index (κ1) is 15.5. The van der Waals surface area contributed by atoms with E-state index in [1.807, 2.05) is 6.07 Å². The van der Waals surface area contributed by atoms with Crippen molar-refractivity contribution in [1.29, 1.82) is 0 Å². The lowest BCUT2D eigenvalue weighted by atomic mass is 9.98. The van der Waals surface area contributed by atoms with Gasteiger partial charge in [-0.05, 0) is 49.2 Å². The summed E-state index contributed by atoms with van der Waals surface area (Å²) < 4.78 is 5.34. The Morgan fingerprint density at radius 2 is 1.96 bits per heavy atom. The molecule has 1 atom stereocenters. The van der Waals surface area contributed by atoms with Crippen molar-refractivity contribution in [3.63, 3.8) is 0 Å². The number of rotatable bonds is 3. The number of aromatic amines is 2. The first-order valence-corrected chi connectivity index (χ1v) is 9.22. The Balaban J connectivity index is 1.44. The van der Waals surface area contributed by atoms with Gasteiger partial charge in [0.1, 0.15) is 5.75 Å². The highest BCUT2D eigenvalue weighted by atomic mass is 16.5. The number of nitrogens with zero attached hydrogens (tertiary/aromatic N) is 1. The van der Waals surface area contributed by atoms with Crippen molar-refractivity contribution in [1.82, 2.24) is 14.9 Å². The van der Waals surface area contributed by atoms with Gasteiger partial charge in [-0.2, -0.15) is 0 Å². The molecule has 2 aromatic heterocycles. The molecule has 132 valence electrons. The van der Waals surface area contributed by atoms with E-state index in [4.69, 9.17) is 4.74 Å². The topological polar surface area (TPSA) is 44.0 Å². The second kappa shape index (κ2) is 5.92. The fraction of sp³-hybridized carbons (Fsp3) is 0.273. The van der Waals surface area contributed by atoms with Gasteiger partial charge in [-0.25, -0.2) is 0 Å². The maximum atomic E-state index is 5.34. The molecule has 0 spiro atoms. The van der Waals surface area contributed by atoms with Gasteiger partial charge in [0.25, 0.3) is 0 Å². The summed E-state index contributed by atoms with van der Waals surface area (Å²) >= 11 is 0. The standard InChI is InChI=1S/C22H23N3O/c1-14-22-19(18-5-3-4-6-21(18)24-22)9-10-25(14)13-16-11-15-12-17(26-2)7-8-20(15)23-16/h3-8,11-12,14,23-24H,9-10,13H2,1-2H3. The predicted molar refractivity (Wildman–Crippen MR) is 106 cm³/mol. The van der Waals surface area contributed by atoms with Crippen molar-refractivity contribution in [3.05, 3.63) is 65.5 Å². The van der Waals surface area contributed by atoms with Crippen molar-refractivity contribution in [2.45, 2.75) is 25.9 Å². The van der Waals surface area contributed by atoms with E-state index < -0.39 is 0 Å². The van der Waals surface area contributed by atoms with Crippen LogP contribution >= 0.6 is 0 Å². The van der Waals surface area contributed by atoms with E-state index in [1.54, 1.807) is 7.11 Å². The Bertz CT molecular complexity index is 1090. The summed E-state index contributed by atoms with van der Waals surface area (Å²) in [5, 5.41) is 2.59. The average Bonchev–Trinajstić information content (AvgIpc) is 3.24. The maximum Gasteiger partial charge on any atom is 0.119 e. The number of hydrogen-bond donors (Lipinski definition) is 2. The number of H-pyrrole nitrogens is 2. The minimum atomic E-state index is 0.382. The third-order valence-corrected chi connectivity index (χ3v) is 5.72. The SMILES string of the molecule is COc1ccc2[nH]c(CN3CCc4c([nH]c5ccccc45)C3C)cc2c1. The molecule has 3 heterocycles. The number of para-hydroxylation sites is 1. The second-order valence-electron chi connectivity index (χ2n) is 7.21. The molecule has 0 saturated heterocycles. The van der Waals surface area contributed by atoms with Gasteiger partial charge < -0.3 is 14.7 Å². The fourth-order valence-electron chi connectivity index (χ4n) is 4.30. The molecule has 4 nitrogen and oxygen atoms in total. The summed E-state index contributed by atoms with van der Waals surface area (Å²) in [7, 11) is 1.71. The molecule has 4 heteroatoms. The van der Waals surface area contributed by atoms with Crippen molar-refractivity contribution < 1.29 is 4.74 Å². The highest BCUT2D eigenvalue weighted by molar-refractivity contribution is 5.85. The largest absolute Gasteiger partial charge is 0.497 e. The number of methoxy groups -OCH3 is 1. The van der Waals surface area contributed by atoms with Crippen molar-refractivity contribution >= 4 is 21.8 Å². The highest BCUT2D eigenvalue weighted by Gasteiger charge is 2.27. The van der Waals surface area contributed by atoms with E-state index in [0.29, 0.717) is 6.04 Å². The summed E-state index contributed by atoms with van der Waals surface area (Å²) in [6.45, 7) is 4.31. The normalized spacial score (nSPS) is 17.7. The molecule has 0 saturated carbocycles. The molecular formula is C22H23N3O. The Morgan fingerprint density at radius 3 is 2.85 bits per heavy atom. The molecule has 0 fully saturated rings. The van der Waals surface area contributed by atoms with E-state index in [9.17, 15) is 0 Å². The van der Waals surface area contributed by atoms with Crippen molar-refractivity contribution in [3.8, 4) is 5.75 Å². The Labute approximate surface area is 152 Å². The molecule has 2 N–H and O–H groups in total. The number of aromatic nitrogens is 2. The molecule has 0 bridgehead atoms. The summed E-state index contributed by atoms with van der Waals surface area (Å²) in [6.07, 6.45) is 1.09. The summed E-state index contributed by atoms with van der Waals surface area (Å²) in [4.78, 5) is 9.75. The quantitative estimate of drug-likeness (QED) is 0.561. The number of fused-ring (bicyclic) bond motifs is 4. The van der Waals surface area contributed by atoms with Crippen molar-refractivity contribution in [2.24, 2.45) is 0 Å². The molecule has 1 aliphatic heterocycles. The minimum Gasteiger partial charge on any atom is -0.497 e. The zero-order valence-electron chi connectivity index (χ0n) is 15.2. The first-order chi connectivity index (χ1) is 12.7. The van der Waals surface area contributed by atoms with Crippen LogP contribution in [0.3, 0.4) is 0 Å². The third kappa shape index (κ3) is 2.41. The van der Waals surface area contributed by atoms with Gasteiger partial charge in [0.05, 0.1) is 7.11 Å². The van der Waals surface area contributed by atoms with E-state index in [-0.39, 0.29) is 0 Å². The highest BCUT2D eigenvalue weighted by Crippen LogP contribution is 2.35. The van der Waals surface area contributed by atoms with Crippen LogP contribution in [-0.2, 0) is 13.0 Å². The Kier molecular flexibility index (Phi) is 3.54. The lowest BCUT2D eigenvalue weighted by Gasteiger charge is -2.33. The molecule has 1 aliphatic rings. The summed E-state index contributed by atoms with van der Waals surface area (Å²) in [5.41, 5.74) is 6.53. The molecule has 0 aliphatic carbocycles. The smallest absolute Gasteiger partial charge is 0.119 e. The van der Waals surface area contributed by atoms with Gasteiger partial charge in [-0.1, -0.05) is 18.2 Å². The molecule has 5 rings (SSSR count). The molecular weight excluding hydrogens is 322 g/mol. The number of benzene rings is 2. The predicted octanol–water partition coefficient (Wildman–Crippen LogP) is 4.78. The zero-order chi connectivity index (χ0) is 17.7. The van der Waals surface area contributed by atoms with Crippen LogP contribution in [0.2, 0.25) is 0 Å². The molecule has 26 heavy (non-hydrogen) atoms. The van der Waals surface area contributed by atoms with Crippen LogP contribution in [0.5, 0.6) is 5.75 Å². The minimum absolute atomic E-state index is 0.382. The lowest BCUT2D eigenvalue weighted by molar-refractivity contribution is 0.185. The van der Waals surface area contributed by atoms with Gasteiger partial charge in [0, 0.05) is 52.3 Å².